The van der Waals surface area contributed by atoms with Gasteiger partial charge in [0, 0.05) is 6.42 Å². The van der Waals surface area contributed by atoms with Crippen molar-refractivity contribution in [2.75, 3.05) is 6.61 Å². The number of rotatable bonds is 46. The van der Waals surface area contributed by atoms with E-state index in [4.69, 9.17) is 0 Å². The number of aliphatic hydroxyl groups is 3. The van der Waals surface area contributed by atoms with E-state index >= 15 is 0 Å². The van der Waals surface area contributed by atoms with E-state index in [2.05, 4.69) is 55.6 Å². The van der Waals surface area contributed by atoms with Gasteiger partial charge in [0.05, 0.1) is 18.8 Å². The molecule has 3 atom stereocenters. The van der Waals surface area contributed by atoms with Gasteiger partial charge >= 0.3 is 0 Å². The molecule has 0 bridgehead atoms. The quantitative estimate of drug-likeness (QED) is 0.0365. The first-order chi connectivity index (χ1) is 28.1. The van der Waals surface area contributed by atoms with E-state index < -0.39 is 18.2 Å². The van der Waals surface area contributed by atoms with Gasteiger partial charge in [-0.05, 0) is 77.0 Å². The summed E-state index contributed by atoms with van der Waals surface area (Å²) in [5.74, 6) is -0.161. The van der Waals surface area contributed by atoms with Crippen LogP contribution in [0.5, 0.6) is 0 Å². The average molecular weight is 802 g/mol. The van der Waals surface area contributed by atoms with E-state index in [0.29, 0.717) is 12.8 Å². The number of hydrogen-bond donors (Lipinski definition) is 4. The lowest BCUT2D eigenvalue weighted by atomic mass is 10.0. The van der Waals surface area contributed by atoms with Crippen molar-refractivity contribution < 1.29 is 20.1 Å². The number of unbranched alkanes of at least 4 members (excludes halogenated alkanes) is 32. The molecule has 336 valence electrons. The first-order valence-corrected chi connectivity index (χ1v) is 25.3. The van der Waals surface area contributed by atoms with Crippen molar-refractivity contribution in [2.45, 2.75) is 283 Å². The molecular formula is C52H99NO4. The molecular weight excluding hydrogens is 703 g/mol. The Bertz CT molecular complexity index is 885. The molecule has 0 radical (unpaired) electrons. The van der Waals surface area contributed by atoms with Crippen LogP contribution in [-0.4, -0.2) is 46.1 Å². The topological polar surface area (TPSA) is 89.8 Å². The minimum absolute atomic E-state index is 0.161. The normalized spacial score (nSPS) is 13.7. The van der Waals surface area contributed by atoms with Crippen LogP contribution >= 0.6 is 0 Å². The summed E-state index contributed by atoms with van der Waals surface area (Å²) in [7, 11) is 0. The van der Waals surface area contributed by atoms with Crippen molar-refractivity contribution in [3.8, 4) is 0 Å². The van der Waals surface area contributed by atoms with Crippen molar-refractivity contribution in [3.05, 3.63) is 36.5 Å². The van der Waals surface area contributed by atoms with Gasteiger partial charge in [-0.25, -0.2) is 0 Å². The molecule has 0 fully saturated rings. The summed E-state index contributed by atoms with van der Waals surface area (Å²) in [6.45, 7) is 4.18. The largest absolute Gasteiger partial charge is 0.394 e. The zero-order valence-electron chi connectivity index (χ0n) is 38.2. The van der Waals surface area contributed by atoms with Gasteiger partial charge in [0.2, 0.25) is 5.91 Å². The van der Waals surface area contributed by atoms with Gasteiger partial charge in [-0.2, -0.15) is 0 Å². The first kappa shape index (κ1) is 55.6. The molecule has 0 aromatic carbocycles. The lowest BCUT2D eigenvalue weighted by molar-refractivity contribution is -0.124. The molecule has 0 aliphatic heterocycles. The number of hydrogen-bond acceptors (Lipinski definition) is 4. The van der Waals surface area contributed by atoms with Crippen molar-refractivity contribution in [2.24, 2.45) is 0 Å². The lowest BCUT2D eigenvalue weighted by Gasteiger charge is -2.26. The van der Waals surface area contributed by atoms with E-state index in [1.165, 1.54) is 193 Å². The Morgan fingerprint density at radius 2 is 0.719 bits per heavy atom. The molecule has 0 aliphatic carbocycles. The summed E-state index contributed by atoms with van der Waals surface area (Å²) in [5, 5.41) is 33.6. The summed E-state index contributed by atoms with van der Waals surface area (Å²) in [6, 6.07) is -0.835. The predicted molar refractivity (Wildman–Crippen MR) is 250 cm³/mol. The minimum Gasteiger partial charge on any atom is -0.394 e. The van der Waals surface area contributed by atoms with Crippen LogP contribution in [0.25, 0.3) is 0 Å². The molecule has 5 heteroatoms. The Balaban J connectivity index is 3.65. The third-order valence-electron chi connectivity index (χ3n) is 11.7. The van der Waals surface area contributed by atoms with Crippen LogP contribution in [0, 0.1) is 0 Å². The summed E-state index contributed by atoms with van der Waals surface area (Å²) in [5.41, 5.74) is 0. The van der Waals surface area contributed by atoms with Crippen molar-refractivity contribution in [1.29, 1.82) is 0 Å². The molecule has 0 aromatic rings. The fourth-order valence-corrected chi connectivity index (χ4v) is 7.76. The number of carbonyl (C=O) groups is 1. The highest BCUT2D eigenvalue weighted by molar-refractivity contribution is 5.76. The average Bonchev–Trinajstić information content (AvgIpc) is 3.22. The highest BCUT2D eigenvalue weighted by Crippen LogP contribution is 2.16. The fraction of sp³-hybridized carbons (Fsp3) is 0.865. The third kappa shape index (κ3) is 42.5. The Morgan fingerprint density at radius 3 is 1.07 bits per heavy atom. The SMILES string of the molecule is CCCCCCCCCCCC/C=C\CCCCCCCCCC(=O)NC(CO)C(O)C(O)CCC/C=C/CC/C=C/CCCCCCCCCCCCCCC. The lowest BCUT2D eigenvalue weighted by Crippen LogP contribution is -2.50. The monoisotopic (exact) mass is 802 g/mol. The Labute approximate surface area is 355 Å². The molecule has 1 amide bonds. The number of aliphatic hydroxyl groups excluding tert-OH is 3. The molecule has 3 unspecified atom stereocenters. The maximum absolute atomic E-state index is 12.5. The number of carbonyl (C=O) groups excluding carboxylic acids is 1. The van der Waals surface area contributed by atoms with Gasteiger partial charge in [-0.15, -0.1) is 0 Å². The standard InChI is InChI=1S/C52H99NO4/c1-3-5-7-9-11-13-15-17-19-21-23-25-27-28-30-32-34-36-38-40-42-44-46-50(55)52(57)49(48-54)53-51(56)47-45-43-41-39-37-35-33-31-29-26-24-22-20-18-16-14-12-10-8-6-4-2/h26,29-30,32,38,40,49-50,52,54-55,57H,3-25,27-28,31,33-37,39,41-48H2,1-2H3,(H,53,56)/b29-26-,32-30+,40-38+. The fourth-order valence-electron chi connectivity index (χ4n) is 7.76. The molecule has 0 aromatic heterocycles. The molecule has 0 saturated carbocycles. The summed E-state index contributed by atoms with van der Waals surface area (Å²) < 4.78 is 0. The van der Waals surface area contributed by atoms with Crippen LogP contribution in [0.4, 0.5) is 0 Å². The molecule has 0 aliphatic rings. The summed E-state index contributed by atoms with van der Waals surface area (Å²) in [4.78, 5) is 12.5. The van der Waals surface area contributed by atoms with Crippen LogP contribution in [0.3, 0.4) is 0 Å². The molecule has 0 heterocycles. The van der Waals surface area contributed by atoms with Crippen molar-refractivity contribution in [3.63, 3.8) is 0 Å². The highest BCUT2D eigenvalue weighted by atomic mass is 16.3. The Kier molecular flexibility index (Phi) is 46.1. The van der Waals surface area contributed by atoms with Crippen molar-refractivity contribution >= 4 is 5.91 Å². The second-order valence-corrected chi connectivity index (χ2v) is 17.4. The zero-order valence-corrected chi connectivity index (χ0v) is 38.2. The van der Waals surface area contributed by atoms with Gasteiger partial charge < -0.3 is 20.6 Å². The second kappa shape index (κ2) is 47.3. The van der Waals surface area contributed by atoms with Gasteiger partial charge in [0.15, 0.2) is 0 Å². The third-order valence-corrected chi connectivity index (χ3v) is 11.7. The van der Waals surface area contributed by atoms with Gasteiger partial charge in [-0.3, -0.25) is 4.79 Å². The maximum Gasteiger partial charge on any atom is 0.220 e. The maximum atomic E-state index is 12.5. The first-order valence-electron chi connectivity index (χ1n) is 25.3. The van der Waals surface area contributed by atoms with Crippen LogP contribution in [-0.2, 0) is 4.79 Å². The predicted octanol–water partition coefficient (Wildman–Crippen LogP) is 15.1. The molecule has 0 spiro atoms. The van der Waals surface area contributed by atoms with E-state index in [1.807, 2.05) is 0 Å². The molecule has 0 rings (SSSR count). The van der Waals surface area contributed by atoms with E-state index in [9.17, 15) is 20.1 Å². The number of allylic oxidation sites excluding steroid dienone is 6. The molecule has 0 saturated heterocycles. The summed E-state index contributed by atoms with van der Waals surface area (Å²) >= 11 is 0. The van der Waals surface area contributed by atoms with Gasteiger partial charge in [-0.1, -0.05) is 217 Å². The molecule has 5 nitrogen and oxygen atoms in total. The summed E-state index contributed by atoms with van der Waals surface area (Å²) in [6.07, 6.45) is 59.9. The van der Waals surface area contributed by atoms with Gasteiger partial charge in [0.1, 0.15) is 6.10 Å². The number of nitrogens with one attached hydrogen (secondary N) is 1. The second-order valence-electron chi connectivity index (χ2n) is 17.4. The Hall–Kier alpha value is -1.43. The minimum atomic E-state index is -1.17. The van der Waals surface area contributed by atoms with E-state index in [1.54, 1.807) is 0 Å². The zero-order chi connectivity index (χ0) is 41.5. The van der Waals surface area contributed by atoms with E-state index in [0.717, 1.165) is 44.9 Å². The van der Waals surface area contributed by atoms with Crippen LogP contribution in [0.2, 0.25) is 0 Å². The van der Waals surface area contributed by atoms with Crippen molar-refractivity contribution in [1.82, 2.24) is 5.32 Å². The van der Waals surface area contributed by atoms with Crippen LogP contribution < -0.4 is 5.32 Å². The molecule has 57 heavy (non-hydrogen) atoms. The highest BCUT2D eigenvalue weighted by Gasteiger charge is 2.26. The Morgan fingerprint density at radius 1 is 0.421 bits per heavy atom. The van der Waals surface area contributed by atoms with Crippen LogP contribution in [0.1, 0.15) is 264 Å². The van der Waals surface area contributed by atoms with Gasteiger partial charge in [0.25, 0.3) is 0 Å². The molecule has 4 N–H and O–H groups in total. The number of amides is 1. The smallest absolute Gasteiger partial charge is 0.220 e. The van der Waals surface area contributed by atoms with Crippen LogP contribution in [0.15, 0.2) is 36.5 Å². The van der Waals surface area contributed by atoms with E-state index in [-0.39, 0.29) is 12.5 Å².